The molecule has 326 valence electrons. The maximum atomic E-state index is 12.5. The first-order valence-electron chi connectivity index (χ1n) is 23.2. The van der Waals surface area contributed by atoms with Gasteiger partial charge in [-0.25, -0.2) is 4.57 Å². The van der Waals surface area contributed by atoms with E-state index in [9.17, 15) is 19.0 Å². The Bertz CT molecular complexity index is 917. The number of rotatable bonds is 44. The van der Waals surface area contributed by atoms with Gasteiger partial charge in [-0.05, 0) is 32.1 Å². The van der Waals surface area contributed by atoms with Crippen molar-refractivity contribution in [3.8, 4) is 0 Å². The number of allylic oxidation sites excluding steroid dienone is 2. The molecule has 55 heavy (non-hydrogen) atoms. The maximum Gasteiger partial charge on any atom is 0.472 e. The Hall–Kier alpha value is -1.25. The van der Waals surface area contributed by atoms with Crippen molar-refractivity contribution in [2.45, 2.75) is 238 Å². The maximum absolute atomic E-state index is 12.5. The lowest BCUT2D eigenvalue weighted by Crippen LogP contribution is -2.29. The molecule has 2 atom stereocenters. The van der Waals surface area contributed by atoms with Crippen LogP contribution in [0.1, 0.15) is 232 Å². The number of hydrogen-bond donors (Lipinski definition) is 2. The van der Waals surface area contributed by atoms with Gasteiger partial charge in [-0.1, -0.05) is 199 Å². The molecule has 2 unspecified atom stereocenters. The van der Waals surface area contributed by atoms with Gasteiger partial charge >= 0.3 is 19.8 Å². The van der Waals surface area contributed by atoms with Gasteiger partial charge in [-0.15, -0.1) is 0 Å². The number of nitrogens with two attached hydrogens (primary N) is 1. The van der Waals surface area contributed by atoms with E-state index in [1.165, 1.54) is 141 Å². The van der Waals surface area contributed by atoms with Gasteiger partial charge in [-0.3, -0.25) is 18.6 Å². The second-order valence-electron chi connectivity index (χ2n) is 15.6. The number of phosphoric acid groups is 1. The van der Waals surface area contributed by atoms with Crippen molar-refractivity contribution in [3.63, 3.8) is 0 Å². The van der Waals surface area contributed by atoms with Gasteiger partial charge in [0, 0.05) is 19.4 Å². The number of carbonyl (C=O) groups is 2. The summed E-state index contributed by atoms with van der Waals surface area (Å²) in [6, 6.07) is 0. The average molecular weight is 802 g/mol. The SMILES string of the molecule is CCCC/C=C\CCCCCCCC(=O)OC(COC(=O)CCCCCCCCCCCCCCCCCCCCCCCCC)COP(=O)(O)OCCN. The van der Waals surface area contributed by atoms with E-state index in [4.69, 9.17) is 24.3 Å². The summed E-state index contributed by atoms with van der Waals surface area (Å²) in [6.45, 7) is 3.71. The molecule has 0 fully saturated rings. The van der Waals surface area contributed by atoms with Crippen molar-refractivity contribution in [1.29, 1.82) is 0 Å². The van der Waals surface area contributed by atoms with Crippen molar-refractivity contribution in [3.05, 3.63) is 12.2 Å². The van der Waals surface area contributed by atoms with E-state index in [0.29, 0.717) is 6.42 Å². The summed E-state index contributed by atoms with van der Waals surface area (Å²) in [6.07, 6.45) is 44.0. The molecule has 10 heteroatoms. The summed E-state index contributed by atoms with van der Waals surface area (Å²) in [5.41, 5.74) is 5.34. The van der Waals surface area contributed by atoms with Crippen molar-refractivity contribution >= 4 is 19.8 Å². The first-order chi connectivity index (χ1) is 26.8. The highest BCUT2D eigenvalue weighted by Crippen LogP contribution is 2.43. The Morgan fingerprint density at radius 2 is 0.909 bits per heavy atom. The highest BCUT2D eigenvalue weighted by Gasteiger charge is 2.26. The van der Waals surface area contributed by atoms with E-state index < -0.39 is 26.5 Å². The minimum atomic E-state index is -4.37. The molecule has 0 aliphatic rings. The largest absolute Gasteiger partial charge is 0.472 e. The van der Waals surface area contributed by atoms with Crippen LogP contribution in [0.2, 0.25) is 0 Å². The molecule has 0 aromatic heterocycles. The molecule has 0 amide bonds. The minimum absolute atomic E-state index is 0.0547. The van der Waals surface area contributed by atoms with Gasteiger partial charge in [0.2, 0.25) is 0 Å². The third-order valence-corrected chi connectivity index (χ3v) is 11.1. The summed E-state index contributed by atoms with van der Waals surface area (Å²) in [7, 11) is -4.37. The molecule has 0 bridgehead atoms. The molecule has 0 saturated heterocycles. The zero-order valence-electron chi connectivity index (χ0n) is 35.9. The van der Waals surface area contributed by atoms with Crippen LogP contribution >= 0.6 is 7.82 Å². The second-order valence-corrected chi connectivity index (χ2v) is 17.1. The molecule has 0 spiro atoms. The number of ether oxygens (including phenoxy) is 2. The predicted molar refractivity (Wildman–Crippen MR) is 229 cm³/mol. The van der Waals surface area contributed by atoms with Crippen LogP contribution in [0.3, 0.4) is 0 Å². The van der Waals surface area contributed by atoms with Gasteiger partial charge in [0.05, 0.1) is 13.2 Å². The van der Waals surface area contributed by atoms with Crippen molar-refractivity contribution < 1.29 is 37.6 Å². The monoisotopic (exact) mass is 802 g/mol. The number of hydrogen-bond acceptors (Lipinski definition) is 8. The lowest BCUT2D eigenvalue weighted by Gasteiger charge is -2.19. The molecule has 0 aliphatic carbocycles. The first kappa shape index (κ1) is 53.8. The second kappa shape index (κ2) is 42.4. The zero-order chi connectivity index (χ0) is 40.3. The molecule has 0 aromatic rings. The van der Waals surface area contributed by atoms with Crippen LogP contribution in [-0.2, 0) is 32.7 Å². The van der Waals surface area contributed by atoms with E-state index in [-0.39, 0.29) is 38.6 Å². The lowest BCUT2D eigenvalue weighted by molar-refractivity contribution is -0.161. The summed E-state index contributed by atoms with van der Waals surface area (Å²) in [4.78, 5) is 34.8. The highest BCUT2D eigenvalue weighted by atomic mass is 31.2. The third-order valence-electron chi connectivity index (χ3n) is 10.2. The number of phosphoric ester groups is 1. The van der Waals surface area contributed by atoms with Crippen molar-refractivity contribution in [1.82, 2.24) is 0 Å². The summed E-state index contributed by atoms with van der Waals surface area (Å²) in [5, 5.41) is 0. The fourth-order valence-electron chi connectivity index (χ4n) is 6.68. The summed E-state index contributed by atoms with van der Waals surface area (Å²) in [5.74, 6) is -0.828. The molecular formula is C45H88NO8P. The van der Waals surface area contributed by atoms with E-state index >= 15 is 0 Å². The molecule has 0 radical (unpaired) electrons. The molecule has 0 saturated carbocycles. The predicted octanol–water partition coefficient (Wildman–Crippen LogP) is 13.4. The average Bonchev–Trinajstić information content (AvgIpc) is 3.17. The van der Waals surface area contributed by atoms with Gasteiger partial charge in [0.15, 0.2) is 6.10 Å². The quantitative estimate of drug-likeness (QED) is 0.0267. The first-order valence-corrected chi connectivity index (χ1v) is 24.7. The van der Waals surface area contributed by atoms with Crippen LogP contribution in [-0.4, -0.2) is 49.3 Å². The molecule has 0 heterocycles. The standard InChI is InChI=1S/C45H88NO8P/c1-3-5-7-9-11-13-15-16-17-18-19-20-21-22-23-24-25-26-28-29-31-33-35-37-44(47)51-41-43(42-53-55(49,50)52-40-39-46)54-45(48)38-36-34-32-30-27-14-12-10-8-6-4-2/h10,12,43H,3-9,11,13-42,46H2,1-2H3,(H,49,50)/b12-10-. The summed E-state index contributed by atoms with van der Waals surface area (Å²) < 4.78 is 32.8. The number of unbranched alkanes of at least 4 members (excludes halogenated alkanes) is 29. The van der Waals surface area contributed by atoms with Gasteiger partial charge in [0.1, 0.15) is 6.61 Å². The Kier molecular flexibility index (Phi) is 41.4. The Labute approximate surface area is 339 Å². The van der Waals surface area contributed by atoms with Crippen LogP contribution in [0.5, 0.6) is 0 Å². The fourth-order valence-corrected chi connectivity index (χ4v) is 7.44. The molecule has 0 aromatic carbocycles. The topological polar surface area (TPSA) is 134 Å². The van der Waals surface area contributed by atoms with Crippen LogP contribution < -0.4 is 5.73 Å². The van der Waals surface area contributed by atoms with E-state index in [1.54, 1.807) is 0 Å². The normalized spacial score (nSPS) is 13.3. The smallest absolute Gasteiger partial charge is 0.462 e. The Morgan fingerprint density at radius 1 is 0.527 bits per heavy atom. The lowest BCUT2D eigenvalue weighted by atomic mass is 10.0. The molecule has 9 nitrogen and oxygen atoms in total. The van der Waals surface area contributed by atoms with Crippen molar-refractivity contribution in [2.75, 3.05) is 26.4 Å². The zero-order valence-corrected chi connectivity index (χ0v) is 36.8. The number of carbonyl (C=O) groups excluding carboxylic acids is 2. The van der Waals surface area contributed by atoms with Gasteiger partial charge < -0.3 is 20.1 Å². The molecule has 0 aliphatic heterocycles. The molecule has 0 rings (SSSR count). The summed E-state index contributed by atoms with van der Waals surface area (Å²) >= 11 is 0. The van der Waals surface area contributed by atoms with Crippen LogP contribution in [0.15, 0.2) is 12.2 Å². The fraction of sp³-hybridized carbons (Fsp3) is 0.911. The Balaban J connectivity index is 3.96. The van der Waals surface area contributed by atoms with E-state index in [1.807, 2.05) is 0 Å². The number of esters is 2. The van der Waals surface area contributed by atoms with Crippen LogP contribution in [0.25, 0.3) is 0 Å². The Morgan fingerprint density at radius 3 is 1.35 bits per heavy atom. The highest BCUT2D eigenvalue weighted by molar-refractivity contribution is 7.47. The molecular weight excluding hydrogens is 713 g/mol. The minimum Gasteiger partial charge on any atom is -0.462 e. The van der Waals surface area contributed by atoms with Gasteiger partial charge in [0.25, 0.3) is 0 Å². The van der Waals surface area contributed by atoms with Gasteiger partial charge in [-0.2, -0.15) is 0 Å². The van der Waals surface area contributed by atoms with E-state index in [0.717, 1.165) is 57.8 Å². The van der Waals surface area contributed by atoms with Crippen molar-refractivity contribution in [2.24, 2.45) is 5.73 Å². The molecule has 3 N–H and O–H groups in total. The van der Waals surface area contributed by atoms with Crippen LogP contribution in [0, 0.1) is 0 Å². The van der Waals surface area contributed by atoms with Crippen LogP contribution in [0.4, 0.5) is 0 Å². The third kappa shape index (κ3) is 42.2. The van der Waals surface area contributed by atoms with E-state index in [2.05, 4.69) is 26.0 Å².